The smallest absolute Gasteiger partial charge is 0.0636 e. The van der Waals surface area contributed by atoms with E-state index in [9.17, 15) is 0 Å². The zero-order valence-electron chi connectivity index (χ0n) is 10.6. The van der Waals surface area contributed by atoms with Crippen LogP contribution >= 0.6 is 27.5 Å². The van der Waals surface area contributed by atoms with Crippen LogP contribution in [0.2, 0.25) is 0 Å². The van der Waals surface area contributed by atoms with Gasteiger partial charge in [-0.1, -0.05) is 63.5 Å². The molecule has 0 spiro atoms. The fourth-order valence-corrected chi connectivity index (χ4v) is 3.07. The first kappa shape index (κ1) is 13.6. The summed E-state index contributed by atoms with van der Waals surface area (Å²) < 4.78 is 1.08. The third-order valence-electron chi connectivity index (χ3n) is 2.99. The van der Waals surface area contributed by atoms with E-state index in [0.717, 1.165) is 16.5 Å². The highest BCUT2D eigenvalue weighted by Crippen LogP contribution is 2.31. The maximum absolute atomic E-state index is 6.54. The highest BCUT2D eigenvalue weighted by molar-refractivity contribution is 9.10. The molecule has 0 aliphatic carbocycles. The van der Waals surface area contributed by atoms with Crippen molar-refractivity contribution in [3.05, 3.63) is 69.2 Å². The molecule has 2 aromatic carbocycles. The van der Waals surface area contributed by atoms with Gasteiger partial charge >= 0.3 is 0 Å². The Hall–Kier alpha value is -0.790. The second-order valence-electron chi connectivity index (χ2n) is 4.69. The van der Waals surface area contributed by atoms with Crippen LogP contribution < -0.4 is 0 Å². The van der Waals surface area contributed by atoms with Gasteiger partial charge in [0.2, 0.25) is 0 Å². The summed E-state index contributed by atoms with van der Waals surface area (Å²) in [4.78, 5) is 0. The van der Waals surface area contributed by atoms with E-state index in [0.29, 0.717) is 0 Å². The van der Waals surface area contributed by atoms with Gasteiger partial charge in [-0.15, -0.1) is 11.6 Å². The quantitative estimate of drug-likeness (QED) is 0.646. The summed E-state index contributed by atoms with van der Waals surface area (Å²) in [5.74, 6) is 0. The summed E-state index contributed by atoms with van der Waals surface area (Å²) in [5.41, 5.74) is 4.96. The largest absolute Gasteiger partial charge is 0.117 e. The molecular weight excluding hydrogens is 308 g/mol. The molecule has 18 heavy (non-hydrogen) atoms. The van der Waals surface area contributed by atoms with Crippen molar-refractivity contribution in [3.8, 4) is 0 Å². The molecule has 0 aromatic heterocycles. The predicted molar refractivity (Wildman–Crippen MR) is 82.4 cm³/mol. The number of hydrogen-bond donors (Lipinski definition) is 0. The molecule has 0 aliphatic rings. The van der Waals surface area contributed by atoms with E-state index in [1.54, 1.807) is 0 Å². The second kappa shape index (κ2) is 5.90. The second-order valence-corrected chi connectivity index (χ2v) is 6.07. The van der Waals surface area contributed by atoms with Gasteiger partial charge in [-0.25, -0.2) is 0 Å². The van der Waals surface area contributed by atoms with Crippen LogP contribution in [0, 0.1) is 13.8 Å². The van der Waals surface area contributed by atoms with Crippen LogP contribution in [-0.2, 0) is 6.42 Å². The Morgan fingerprint density at radius 3 is 2.50 bits per heavy atom. The standard InChI is InChI=1S/C16H16BrCl/c1-11-4-3-5-13(8-11)10-16(18)14-9-12(2)6-7-15(14)17/h3-9,16H,10H2,1-2H3. The van der Waals surface area contributed by atoms with E-state index in [1.807, 2.05) is 0 Å². The molecule has 0 saturated carbocycles. The monoisotopic (exact) mass is 322 g/mol. The van der Waals surface area contributed by atoms with Crippen molar-refractivity contribution in [1.82, 2.24) is 0 Å². The third-order valence-corrected chi connectivity index (χ3v) is 4.10. The van der Waals surface area contributed by atoms with Gasteiger partial charge in [0.25, 0.3) is 0 Å². The van der Waals surface area contributed by atoms with Gasteiger partial charge < -0.3 is 0 Å². The van der Waals surface area contributed by atoms with Gasteiger partial charge in [-0.3, -0.25) is 0 Å². The first-order valence-electron chi connectivity index (χ1n) is 6.02. The lowest BCUT2D eigenvalue weighted by Crippen LogP contribution is -1.98. The van der Waals surface area contributed by atoms with Crippen molar-refractivity contribution in [2.75, 3.05) is 0 Å². The summed E-state index contributed by atoms with van der Waals surface area (Å²) in [6.45, 7) is 4.20. The van der Waals surface area contributed by atoms with E-state index in [2.05, 4.69) is 72.2 Å². The van der Waals surface area contributed by atoms with Crippen molar-refractivity contribution in [2.45, 2.75) is 25.6 Å². The van der Waals surface area contributed by atoms with Gasteiger partial charge in [0, 0.05) is 4.47 Å². The first-order valence-corrected chi connectivity index (χ1v) is 7.25. The Morgan fingerprint density at radius 2 is 1.78 bits per heavy atom. The predicted octanol–water partition coefficient (Wildman–Crippen LogP) is 5.59. The fraction of sp³-hybridized carbons (Fsp3) is 0.250. The molecule has 0 heterocycles. The van der Waals surface area contributed by atoms with Crippen LogP contribution in [0.15, 0.2) is 46.9 Å². The summed E-state index contributed by atoms with van der Waals surface area (Å²) in [7, 11) is 0. The van der Waals surface area contributed by atoms with E-state index in [-0.39, 0.29) is 5.38 Å². The Balaban J connectivity index is 2.21. The number of hydrogen-bond acceptors (Lipinski definition) is 0. The SMILES string of the molecule is Cc1cccc(CC(Cl)c2cc(C)ccc2Br)c1. The number of aryl methyl sites for hydroxylation is 2. The minimum atomic E-state index is 0.000995. The van der Waals surface area contributed by atoms with E-state index < -0.39 is 0 Å². The Bertz CT molecular complexity index is 549. The van der Waals surface area contributed by atoms with Gasteiger partial charge in [0.15, 0.2) is 0 Å². The molecule has 0 aliphatic heterocycles. The summed E-state index contributed by atoms with van der Waals surface area (Å²) in [6, 6.07) is 14.8. The molecule has 2 heteroatoms. The number of benzene rings is 2. The van der Waals surface area contributed by atoms with Crippen molar-refractivity contribution in [1.29, 1.82) is 0 Å². The lowest BCUT2D eigenvalue weighted by molar-refractivity contribution is 0.911. The summed E-state index contributed by atoms with van der Waals surface area (Å²) in [5, 5.41) is 0.000995. The van der Waals surface area contributed by atoms with E-state index in [4.69, 9.17) is 11.6 Å². The highest BCUT2D eigenvalue weighted by Gasteiger charge is 2.12. The molecule has 94 valence electrons. The zero-order valence-corrected chi connectivity index (χ0v) is 12.9. The maximum Gasteiger partial charge on any atom is 0.0636 e. The average molecular weight is 324 g/mol. The molecule has 0 bridgehead atoms. The van der Waals surface area contributed by atoms with Gasteiger partial charge in [0.05, 0.1) is 5.38 Å². The Morgan fingerprint density at radius 1 is 1.06 bits per heavy atom. The highest BCUT2D eigenvalue weighted by atomic mass is 79.9. The molecule has 0 radical (unpaired) electrons. The molecular formula is C16H16BrCl. The molecule has 2 aromatic rings. The Labute approximate surface area is 122 Å². The normalized spacial score (nSPS) is 12.4. The van der Waals surface area contributed by atoms with Crippen molar-refractivity contribution in [3.63, 3.8) is 0 Å². The van der Waals surface area contributed by atoms with Gasteiger partial charge in [-0.2, -0.15) is 0 Å². The number of alkyl halides is 1. The molecule has 0 amide bonds. The van der Waals surface area contributed by atoms with E-state index in [1.165, 1.54) is 16.7 Å². The minimum absolute atomic E-state index is 0.000995. The Kier molecular flexibility index (Phi) is 4.47. The molecule has 0 N–H and O–H groups in total. The average Bonchev–Trinajstić information content (AvgIpc) is 2.32. The molecule has 1 atom stereocenters. The molecule has 1 unspecified atom stereocenters. The molecule has 0 nitrogen and oxygen atoms in total. The summed E-state index contributed by atoms with van der Waals surface area (Å²) in [6.07, 6.45) is 0.852. The molecule has 0 saturated heterocycles. The van der Waals surface area contributed by atoms with Crippen LogP contribution in [0.5, 0.6) is 0 Å². The first-order chi connectivity index (χ1) is 8.56. The topological polar surface area (TPSA) is 0 Å². The van der Waals surface area contributed by atoms with Crippen LogP contribution in [0.25, 0.3) is 0 Å². The van der Waals surface area contributed by atoms with Crippen molar-refractivity contribution >= 4 is 27.5 Å². The van der Waals surface area contributed by atoms with Crippen LogP contribution in [0.3, 0.4) is 0 Å². The lowest BCUT2D eigenvalue weighted by Gasteiger charge is -2.13. The fourth-order valence-electron chi connectivity index (χ4n) is 2.06. The van der Waals surface area contributed by atoms with E-state index >= 15 is 0 Å². The van der Waals surface area contributed by atoms with Crippen molar-refractivity contribution < 1.29 is 0 Å². The third kappa shape index (κ3) is 3.37. The van der Waals surface area contributed by atoms with Gasteiger partial charge in [-0.05, 0) is 37.5 Å². The number of halogens is 2. The summed E-state index contributed by atoms with van der Waals surface area (Å²) >= 11 is 10.1. The molecule has 2 rings (SSSR count). The molecule has 0 fully saturated rings. The maximum atomic E-state index is 6.54. The van der Waals surface area contributed by atoms with Crippen LogP contribution in [0.4, 0.5) is 0 Å². The number of rotatable bonds is 3. The lowest BCUT2D eigenvalue weighted by atomic mass is 10.0. The van der Waals surface area contributed by atoms with Crippen LogP contribution in [-0.4, -0.2) is 0 Å². The van der Waals surface area contributed by atoms with Gasteiger partial charge in [0.1, 0.15) is 0 Å². The van der Waals surface area contributed by atoms with Crippen molar-refractivity contribution in [2.24, 2.45) is 0 Å². The zero-order chi connectivity index (χ0) is 13.1. The minimum Gasteiger partial charge on any atom is -0.117 e. The van der Waals surface area contributed by atoms with Crippen LogP contribution in [0.1, 0.15) is 27.6 Å².